The van der Waals surface area contributed by atoms with Gasteiger partial charge >= 0.3 is 0 Å². The fourth-order valence-electron chi connectivity index (χ4n) is 2.72. The summed E-state index contributed by atoms with van der Waals surface area (Å²) in [5.74, 6) is 0. The third-order valence-corrected chi connectivity index (χ3v) is 3.47. The molecule has 0 radical (unpaired) electrons. The van der Waals surface area contributed by atoms with Gasteiger partial charge in [-0.05, 0) is 44.9 Å². The Morgan fingerprint density at radius 2 is 1.89 bits per heavy atom. The minimum Gasteiger partial charge on any atom is -0.399 e. The molecule has 0 bridgehead atoms. The number of para-hydroxylation sites is 1. The summed E-state index contributed by atoms with van der Waals surface area (Å²) < 4.78 is 5.74. The van der Waals surface area contributed by atoms with E-state index in [2.05, 4.69) is 30.9 Å². The number of ether oxygens (including phenoxy) is 1. The summed E-state index contributed by atoms with van der Waals surface area (Å²) in [6, 6.07) is 8.16. The molecule has 1 heterocycles. The van der Waals surface area contributed by atoms with Crippen molar-refractivity contribution in [3.63, 3.8) is 0 Å². The predicted molar refractivity (Wildman–Crippen MR) is 75.6 cm³/mol. The van der Waals surface area contributed by atoms with E-state index in [9.17, 15) is 0 Å². The molecule has 1 fully saturated rings. The number of nitrogens with zero attached hydrogens (tertiary/aromatic N) is 1. The minimum atomic E-state index is 0.357. The van der Waals surface area contributed by atoms with Gasteiger partial charge in [0, 0.05) is 18.8 Å². The quantitative estimate of drug-likeness (QED) is 0.831. The molecule has 1 aromatic carbocycles. The molecule has 0 amide bonds. The lowest BCUT2D eigenvalue weighted by Crippen LogP contribution is -2.45. The summed E-state index contributed by atoms with van der Waals surface area (Å²) in [5, 5.41) is 0. The average molecular weight is 248 g/mol. The fourth-order valence-corrected chi connectivity index (χ4v) is 2.72. The van der Waals surface area contributed by atoms with Crippen molar-refractivity contribution in [1.29, 1.82) is 0 Å². The Morgan fingerprint density at radius 3 is 2.56 bits per heavy atom. The first-order valence-corrected chi connectivity index (χ1v) is 6.86. The molecule has 2 atom stereocenters. The van der Waals surface area contributed by atoms with Crippen LogP contribution < -0.4 is 5.73 Å². The lowest BCUT2D eigenvalue weighted by atomic mass is 10.1. The summed E-state index contributed by atoms with van der Waals surface area (Å²) in [6.45, 7) is 7.53. The van der Waals surface area contributed by atoms with Gasteiger partial charge in [0.2, 0.25) is 0 Å². The Labute approximate surface area is 110 Å². The maximum absolute atomic E-state index is 5.95. The van der Waals surface area contributed by atoms with Crippen molar-refractivity contribution < 1.29 is 4.74 Å². The molecule has 3 heteroatoms. The highest BCUT2D eigenvalue weighted by Gasteiger charge is 2.21. The highest BCUT2D eigenvalue weighted by atomic mass is 16.5. The molecular weight excluding hydrogens is 224 g/mol. The van der Waals surface area contributed by atoms with Crippen molar-refractivity contribution in [2.45, 2.75) is 38.9 Å². The Kier molecular flexibility index (Phi) is 4.61. The van der Waals surface area contributed by atoms with Crippen LogP contribution in [0.5, 0.6) is 0 Å². The highest BCUT2D eigenvalue weighted by molar-refractivity contribution is 5.46. The Morgan fingerprint density at radius 1 is 1.22 bits per heavy atom. The maximum Gasteiger partial charge on any atom is 0.0678 e. The van der Waals surface area contributed by atoms with Gasteiger partial charge in [-0.15, -0.1) is 0 Å². The molecule has 1 saturated heterocycles. The molecule has 0 unspecified atom stereocenters. The van der Waals surface area contributed by atoms with Crippen molar-refractivity contribution in [2.24, 2.45) is 0 Å². The average Bonchev–Trinajstić information content (AvgIpc) is 2.30. The van der Waals surface area contributed by atoms with Gasteiger partial charge in [0.25, 0.3) is 0 Å². The molecule has 18 heavy (non-hydrogen) atoms. The van der Waals surface area contributed by atoms with Crippen LogP contribution in [-0.4, -0.2) is 36.7 Å². The summed E-state index contributed by atoms with van der Waals surface area (Å²) in [7, 11) is 0. The standard InChI is InChI=1S/C15H24N2O/c1-12-10-17(11-13(2)18-12)9-5-7-14-6-3-4-8-15(14)16/h3-4,6,8,12-13H,5,7,9-11,16H2,1-2H3/t12-,13+. The van der Waals surface area contributed by atoms with E-state index in [1.54, 1.807) is 0 Å². The van der Waals surface area contributed by atoms with Gasteiger partial charge in [0.15, 0.2) is 0 Å². The molecule has 0 saturated carbocycles. The maximum atomic E-state index is 5.95. The number of hydrogen-bond acceptors (Lipinski definition) is 3. The van der Waals surface area contributed by atoms with Crippen LogP contribution in [0.25, 0.3) is 0 Å². The van der Waals surface area contributed by atoms with Crippen LogP contribution in [0, 0.1) is 0 Å². The predicted octanol–water partition coefficient (Wildman–Crippen LogP) is 2.31. The van der Waals surface area contributed by atoms with Crippen LogP contribution in [0.1, 0.15) is 25.8 Å². The van der Waals surface area contributed by atoms with Gasteiger partial charge in [0.1, 0.15) is 0 Å². The zero-order chi connectivity index (χ0) is 13.0. The van der Waals surface area contributed by atoms with Gasteiger partial charge in [-0.2, -0.15) is 0 Å². The molecule has 0 aliphatic carbocycles. The number of aryl methyl sites for hydroxylation is 1. The molecular formula is C15H24N2O. The minimum absolute atomic E-state index is 0.357. The second kappa shape index (κ2) is 6.21. The second-order valence-corrected chi connectivity index (χ2v) is 5.32. The zero-order valence-corrected chi connectivity index (χ0v) is 11.4. The fraction of sp³-hybridized carbons (Fsp3) is 0.600. The van der Waals surface area contributed by atoms with Crippen molar-refractivity contribution in [3.8, 4) is 0 Å². The molecule has 0 spiro atoms. The smallest absolute Gasteiger partial charge is 0.0678 e. The summed E-state index contributed by atoms with van der Waals surface area (Å²) in [5.41, 5.74) is 8.14. The number of rotatable bonds is 4. The summed E-state index contributed by atoms with van der Waals surface area (Å²) in [4.78, 5) is 2.50. The SMILES string of the molecule is C[C@@H]1CN(CCCc2ccccc2N)C[C@H](C)O1. The largest absolute Gasteiger partial charge is 0.399 e. The number of nitrogens with two attached hydrogens (primary N) is 1. The van der Waals surface area contributed by atoms with Crippen LogP contribution >= 0.6 is 0 Å². The van der Waals surface area contributed by atoms with Crippen molar-refractivity contribution in [3.05, 3.63) is 29.8 Å². The molecule has 1 aliphatic heterocycles. The van der Waals surface area contributed by atoms with Crippen LogP contribution in [0.4, 0.5) is 5.69 Å². The van der Waals surface area contributed by atoms with E-state index in [4.69, 9.17) is 10.5 Å². The topological polar surface area (TPSA) is 38.5 Å². The van der Waals surface area contributed by atoms with Crippen LogP contribution in [0.15, 0.2) is 24.3 Å². The highest BCUT2D eigenvalue weighted by Crippen LogP contribution is 2.15. The number of anilines is 1. The van der Waals surface area contributed by atoms with Crippen molar-refractivity contribution in [2.75, 3.05) is 25.4 Å². The zero-order valence-electron chi connectivity index (χ0n) is 11.4. The first kappa shape index (κ1) is 13.4. The monoisotopic (exact) mass is 248 g/mol. The second-order valence-electron chi connectivity index (χ2n) is 5.32. The lowest BCUT2D eigenvalue weighted by Gasteiger charge is -2.35. The Balaban J connectivity index is 1.77. The Bertz CT molecular complexity index is 371. The van der Waals surface area contributed by atoms with Crippen LogP contribution in [0.3, 0.4) is 0 Å². The van der Waals surface area contributed by atoms with E-state index in [0.717, 1.165) is 38.2 Å². The summed E-state index contributed by atoms with van der Waals surface area (Å²) >= 11 is 0. The van der Waals surface area contributed by atoms with Gasteiger partial charge in [-0.1, -0.05) is 18.2 Å². The van der Waals surface area contributed by atoms with Gasteiger partial charge in [-0.3, -0.25) is 4.90 Å². The normalized spacial score (nSPS) is 25.2. The van der Waals surface area contributed by atoms with Gasteiger partial charge in [-0.25, -0.2) is 0 Å². The van der Waals surface area contributed by atoms with Crippen LogP contribution in [-0.2, 0) is 11.2 Å². The molecule has 0 aromatic heterocycles. The lowest BCUT2D eigenvalue weighted by molar-refractivity contribution is -0.0680. The van der Waals surface area contributed by atoms with Crippen molar-refractivity contribution >= 4 is 5.69 Å². The van der Waals surface area contributed by atoms with Crippen LogP contribution in [0.2, 0.25) is 0 Å². The third kappa shape index (κ3) is 3.72. The summed E-state index contributed by atoms with van der Waals surface area (Å²) in [6.07, 6.45) is 2.94. The molecule has 100 valence electrons. The van der Waals surface area contributed by atoms with E-state index in [1.165, 1.54) is 5.56 Å². The molecule has 3 nitrogen and oxygen atoms in total. The molecule has 2 N–H and O–H groups in total. The van der Waals surface area contributed by atoms with E-state index in [-0.39, 0.29) is 0 Å². The third-order valence-electron chi connectivity index (χ3n) is 3.47. The van der Waals surface area contributed by atoms with E-state index in [1.807, 2.05) is 12.1 Å². The molecule has 1 aromatic rings. The first-order valence-electron chi connectivity index (χ1n) is 6.86. The van der Waals surface area contributed by atoms with E-state index < -0.39 is 0 Å². The van der Waals surface area contributed by atoms with Gasteiger partial charge < -0.3 is 10.5 Å². The number of hydrogen-bond donors (Lipinski definition) is 1. The first-order chi connectivity index (χ1) is 8.65. The van der Waals surface area contributed by atoms with Gasteiger partial charge in [0.05, 0.1) is 12.2 Å². The van der Waals surface area contributed by atoms with E-state index in [0.29, 0.717) is 12.2 Å². The number of benzene rings is 1. The van der Waals surface area contributed by atoms with Crippen molar-refractivity contribution in [1.82, 2.24) is 4.90 Å². The molecule has 1 aliphatic rings. The number of morpholine rings is 1. The Hall–Kier alpha value is -1.06. The number of nitrogen functional groups attached to an aromatic ring is 1. The van der Waals surface area contributed by atoms with E-state index >= 15 is 0 Å². The molecule has 2 rings (SSSR count).